The fourth-order valence-electron chi connectivity index (χ4n) is 5.45. The van der Waals surface area contributed by atoms with Crippen LogP contribution in [0.15, 0.2) is 107 Å². The Hall–Kier alpha value is -3.70. The van der Waals surface area contributed by atoms with Crippen LogP contribution >= 0.6 is 15.9 Å². The molecule has 6 rings (SSSR count). The number of aryl methyl sites for hydroxylation is 1. The van der Waals surface area contributed by atoms with E-state index in [1.54, 1.807) is 18.2 Å². The van der Waals surface area contributed by atoms with Gasteiger partial charge in [-0.2, -0.15) is 0 Å². The van der Waals surface area contributed by atoms with Gasteiger partial charge >= 0.3 is 0 Å². The summed E-state index contributed by atoms with van der Waals surface area (Å²) in [6.45, 7) is 2.33. The van der Waals surface area contributed by atoms with Crippen LogP contribution in [0.3, 0.4) is 0 Å². The minimum Gasteiger partial charge on any atom is -0.488 e. The standard InChI is InChI=1S/C33H28BrFN2O/c1-21-9-15-31-28(17-21)26-6-4-7-27(26)33(37-31)23-11-13-25(14-12-23)36-19-22-10-16-32(29(34)18-22)38-20-24-5-2-3-8-30(24)35/h2-6,8-19,26-27,33,37H,7,20H2,1H3/t26-,27-,33-/m1/s1. The van der Waals surface area contributed by atoms with E-state index in [2.05, 4.69) is 87.8 Å². The van der Waals surface area contributed by atoms with Crippen LogP contribution in [0.1, 0.15) is 46.2 Å². The molecule has 1 N–H and O–H groups in total. The molecule has 3 nitrogen and oxygen atoms in total. The van der Waals surface area contributed by atoms with Crippen molar-refractivity contribution in [2.75, 3.05) is 5.32 Å². The lowest BCUT2D eigenvalue weighted by molar-refractivity contribution is 0.298. The van der Waals surface area contributed by atoms with Crippen LogP contribution in [0.2, 0.25) is 0 Å². The molecule has 5 heteroatoms. The fraction of sp³-hybridized carbons (Fsp3) is 0.182. The smallest absolute Gasteiger partial charge is 0.134 e. The number of anilines is 1. The number of ether oxygens (including phenoxy) is 1. The number of rotatable bonds is 6. The van der Waals surface area contributed by atoms with Crippen molar-refractivity contribution < 1.29 is 9.13 Å². The highest BCUT2D eigenvalue weighted by Gasteiger charge is 2.37. The maximum Gasteiger partial charge on any atom is 0.134 e. The molecule has 190 valence electrons. The Labute approximate surface area is 231 Å². The number of nitrogens with one attached hydrogen (secondary N) is 1. The van der Waals surface area contributed by atoms with Gasteiger partial charge in [-0.3, -0.25) is 4.99 Å². The number of fused-ring (bicyclic) bond motifs is 3. The molecule has 0 spiro atoms. The van der Waals surface area contributed by atoms with E-state index in [1.165, 1.54) is 28.4 Å². The van der Waals surface area contributed by atoms with Crippen molar-refractivity contribution in [1.29, 1.82) is 0 Å². The first kappa shape index (κ1) is 24.6. The summed E-state index contributed by atoms with van der Waals surface area (Å²) in [7, 11) is 0. The van der Waals surface area contributed by atoms with E-state index in [-0.39, 0.29) is 18.5 Å². The number of allylic oxidation sites excluding steroid dienone is 2. The zero-order valence-electron chi connectivity index (χ0n) is 21.1. The van der Waals surface area contributed by atoms with Gasteiger partial charge < -0.3 is 10.1 Å². The highest BCUT2D eigenvalue weighted by atomic mass is 79.9. The first-order valence-corrected chi connectivity index (χ1v) is 13.7. The lowest BCUT2D eigenvalue weighted by atomic mass is 9.76. The first-order chi connectivity index (χ1) is 18.5. The van der Waals surface area contributed by atoms with Crippen LogP contribution in [0, 0.1) is 18.7 Å². The lowest BCUT2D eigenvalue weighted by Crippen LogP contribution is -2.29. The van der Waals surface area contributed by atoms with Gasteiger partial charge in [-0.1, -0.05) is 60.2 Å². The predicted octanol–water partition coefficient (Wildman–Crippen LogP) is 9.05. The molecular weight excluding hydrogens is 539 g/mol. The number of halogens is 2. The second kappa shape index (κ2) is 10.6. The highest BCUT2D eigenvalue weighted by molar-refractivity contribution is 9.10. The number of benzene rings is 4. The van der Waals surface area contributed by atoms with E-state index >= 15 is 0 Å². The van der Waals surface area contributed by atoms with Crippen molar-refractivity contribution in [2.45, 2.75) is 31.9 Å². The van der Waals surface area contributed by atoms with Crippen LogP contribution in [-0.4, -0.2) is 6.21 Å². The molecule has 38 heavy (non-hydrogen) atoms. The van der Waals surface area contributed by atoms with Gasteiger partial charge in [-0.15, -0.1) is 0 Å². The van der Waals surface area contributed by atoms with Gasteiger partial charge in [0.05, 0.1) is 16.2 Å². The second-order valence-corrected chi connectivity index (χ2v) is 10.8. The third kappa shape index (κ3) is 5.03. The number of aliphatic imine (C=N–C) groups is 1. The lowest BCUT2D eigenvalue weighted by Gasteiger charge is -2.37. The average Bonchev–Trinajstić information content (AvgIpc) is 3.43. The van der Waals surface area contributed by atoms with E-state index < -0.39 is 0 Å². The van der Waals surface area contributed by atoms with Crippen molar-refractivity contribution in [3.63, 3.8) is 0 Å². The Balaban J connectivity index is 1.13. The summed E-state index contributed by atoms with van der Waals surface area (Å²) in [5.74, 6) is 1.38. The molecular formula is C33H28BrFN2O. The van der Waals surface area contributed by atoms with Crippen LogP contribution in [-0.2, 0) is 6.61 Å². The third-order valence-corrected chi connectivity index (χ3v) is 8.05. The molecule has 0 unspecified atom stereocenters. The second-order valence-electron chi connectivity index (χ2n) is 9.99. The normalized spacial score (nSPS) is 19.7. The van der Waals surface area contributed by atoms with Gasteiger partial charge in [0, 0.05) is 23.4 Å². The fourth-order valence-corrected chi connectivity index (χ4v) is 5.96. The van der Waals surface area contributed by atoms with Crippen LogP contribution in [0.5, 0.6) is 5.75 Å². The molecule has 3 atom stereocenters. The van der Waals surface area contributed by atoms with E-state index in [9.17, 15) is 4.39 Å². The Kier molecular flexibility index (Phi) is 6.86. The quantitative estimate of drug-likeness (QED) is 0.186. The molecule has 0 radical (unpaired) electrons. The molecule has 1 heterocycles. The van der Waals surface area contributed by atoms with Crippen molar-refractivity contribution in [3.8, 4) is 5.75 Å². The molecule has 4 aromatic rings. The van der Waals surface area contributed by atoms with E-state index in [0.717, 1.165) is 22.1 Å². The summed E-state index contributed by atoms with van der Waals surface area (Å²) in [6, 6.07) is 27.9. The van der Waals surface area contributed by atoms with Gasteiger partial charge in [0.1, 0.15) is 18.2 Å². The van der Waals surface area contributed by atoms with Crippen molar-refractivity contribution in [2.24, 2.45) is 10.9 Å². The van der Waals surface area contributed by atoms with Gasteiger partial charge in [0.25, 0.3) is 0 Å². The van der Waals surface area contributed by atoms with Gasteiger partial charge in [0.2, 0.25) is 0 Å². The Morgan fingerprint density at radius 1 is 1.03 bits per heavy atom. The van der Waals surface area contributed by atoms with E-state index in [0.29, 0.717) is 23.1 Å². The molecule has 0 saturated carbocycles. The summed E-state index contributed by atoms with van der Waals surface area (Å²) in [5.41, 5.74) is 7.61. The summed E-state index contributed by atoms with van der Waals surface area (Å²) < 4.78 is 20.5. The molecule has 1 aliphatic heterocycles. The maximum atomic E-state index is 13.9. The van der Waals surface area contributed by atoms with E-state index in [4.69, 9.17) is 4.74 Å². The van der Waals surface area contributed by atoms with Crippen molar-refractivity contribution >= 4 is 33.5 Å². The molecule has 0 amide bonds. The van der Waals surface area contributed by atoms with Gasteiger partial charge in [-0.25, -0.2) is 4.39 Å². The zero-order chi connectivity index (χ0) is 26.1. The maximum absolute atomic E-state index is 13.9. The predicted molar refractivity (Wildman–Crippen MR) is 156 cm³/mol. The van der Waals surface area contributed by atoms with Crippen LogP contribution in [0.25, 0.3) is 0 Å². The minimum absolute atomic E-state index is 0.170. The Morgan fingerprint density at radius 3 is 2.68 bits per heavy atom. The van der Waals surface area contributed by atoms with Crippen molar-refractivity contribution in [1.82, 2.24) is 0 Å². The number of hydrogen-bond acceptors (Lipinski definition) is 3. The summed E-state index contributed by atoms with van der Waals surface area (Å²) in [4.78, 5) is 4.68. The highest BCUT2D eigenvalue weighted by Crippen LogP contribution is 2.50. The first-order valence-electron chi connectivity index (χ1n) is 12.9. The molecule has 0 bridgehead atoms. The molecule has 1 aliphatic carbocycles. The molecule has 4 aromatic carbocycles. The Bertz CT molecular complexity index is 1530. The Morgan fingerprint density at radius 2 is 1.87 bits per heavy atom. The monoisotopic (exact) mass is 566 g/mol. The number of nitrogens with zero attached hydrogens (tertiary/aromatic N) is 1. The third-order valence-electron chi connectivity index (χ3n) is 7.43. The summed E-state index contributed by atoms with van der Waals surface area (Å²) >= 11 is 3.56. The summed E-state index contributed by atoms with van der Waals surface area (Å²) in [6.07, 6.45) is 7.64. The van der Waals surface area contributed by atoms with Gasteiger partial charge in [0.15, 0.2) is 0 Å². The van der Waals surface area contributed by atoms with Crippen LogP contribution in [0.4, 0.5) is 15.8 Å². The topological polar surface area (TPSA) is 33.6 Å². The average molecular weight is 568 g/mol. The largest absolute Gasteiger partial charge is 0.488 e. The van der Waals surface area contributed by atoms with Gasteiger partial charge in [-0.05, 0) is 94.3 Å². The van der Waals surface area contributed by atoms with Crippen LogP contribution < -0.4 is 10.1 Å². The summed E-state index contributed by atoms with van der Waals surface area (Å²) in [5, 5.41) is 3.81. The SMILES string of the molecule is Cc1ccc2c(c1)[C@@H]1C=CC[C@H]1[C@@H](c1ccc(N=Cc3ccc(OCc4ccccc4F)c(Br)c3)cc1)N2. The van der Waals surface area contributed by atoms with Crippen molar-refractivity contribution in [3.05, 3.63) is 135 Å². The molecule has 0 saturated heterocycles. The molecule has 0 aromatic heterocycles. The minimum atomic E-state index is -0.266. The molecule has 2 aliphatic rings. The van der Waals surface area contributed by atoms with E-state index in [1.807, 2.05) is 24.4 Å². The number of hydrogen-bond donors (Lipinski definition) is 1. The zero-order valence-corrected chi connectivity index (χ0v) is 22.7. The molecule has 0 fully saturated rings.